The van der Waals surface area contributed by atoms with Crippen LogP contribution in [0.3, 0.4) is 0 Å². The molecule has 0 unspecified atom stereocenters. The molecule has 4 rings (SSSR count). The lowest BCUT2D eigenvalue weighted by molar-refractivity contribution is 0.102. The van der Waals surface area contributed by atoms with Gasteiger partial charge in [0, 0.05) is 29.9 Å². The highest BCUT2D eigenvalue weighted by Crippen LogP contribution is 2.26. The van der Waals surface area contributed by atoms with Gasteiger partial charge in [-0.25, -0.2) is 4.39 Å². The minimum Gasteiger partial charge on any atom is -0.322 e. The van der Waals surface area contributed by atoms with Crippen molar-refractivity contribution in [2.45, 2.75) is 19.8 Å². The number of rotatable bonds is 4. The highest BCUT2D eigenvalue weighted by molar-refractivity contribution is 6.04. The van der Waals surface area contributed by atoms with Crippen molar-refractivity contribution in [3.05, 3.63) is 76.6 Å². The van der Waals surface area contributed by atoms with E-state index in [1.54, 1.807) is 12.1 Å². The van der Waals surface area contributed by atoms with Crippen molar-refractivity contribution in [2.24, 2.45) is 0 Å². The zero-order valence-electron chi connectivity index (χ0n) is 16.6. The lowest BCUT2D eigenvalue weighted by atomic mass is 9.94. The molecule has 0 aliphatic carbocycles. The minimum atomic E-state index is -0.305. The lowest BCUT2D eigenvalue weighted by Crippen LogP contribution is -2.20. The molecule has 0 fully saturated rings. The zero-order chi connectivity index (χ0) is 20.2. The monoisotopic (exact) mass is 391 g/mol. The number of nitrogens with one attached hydrogen (secondary N) is 3. The van der Waals surface area contributed by atoms with Crippen molar-refractivity contribution in [3.63, 3.8) is 0 Å². The summed E-state index contributed by atoms with van der Waals surface area (Å²) in [7, 11) is 0. The van der Waals surface area contributed by atoms with Gasteiger partial charge in [0.25, 0.3) is 5.91 Å². The van der Waals surface area contributed by atoms with Gasteiger partial charge < -0.3 is 16.0 Å². The minimum absolute atomic E-state index is 0.229. The molecule has 0 radical (unpaired) electrons. The molecule has 3 N–H and O–H groups in total. The molecule has 0 bridgehead atoms. The van der Waals surface area contributed by atoms with Gasteiger partial charge in [-0.15, -0.1) is 0 Å². The molecule has 0 atom stereocenters. The first-order chi connectivity index (χ1) is 14.1. The van der Waals surface area contributed by atoms with Gasteiger partial charge in [0.15, 0.2) is 0 Å². The molecular formula is C24H26FN3O. The van der Waals surface area contributed by atoms with Crippen molar-refractivity contribution in [1.29, 1.82) is 0 Å². The quantitative estimate of drug-likeness (QED) is 0.734. The maximum Gasteiger partial charge on any atom is 0.255 e. The van der Waals surface area contributed by atoms with E-state index in [4.69, 9.17) is 0 Å². The smallest absolute Gasteiger partial charge is 0.255 e. The SMILES string of the molecule is Cc1cc(C(=O)Nc2ccc(C3=CCNCC3)c(F)c2)ccc1C1=CCNCC1. The first-order valence-corrected chi connectivity index (χ1v) is 10.1. The van der Waals surface area contributed by atoms with Crippen LogP contribution < -0.4 is 16.0 Å². The first kappa shape index (κ1) is 19.6. The van der Waals surface area contributed by atoms with E-state index >= 15 is 0 Å². The van der Waals surface area contributed by atoms with Crippen molar-refractivity contribution >= 4 is 22.7 Å². The number of carbonyl (C=O) groups is 1. The zero-order valence-corrected chi connectivity index (χ0v) is 16.6. The highest BCUT2D eigenvalue weighted by Gasteiger charge is 2.14. The number of benzene rings is 2. The number of anilines is 1. The Balaban J connectivity index is 1.49. The van der Waals surface area contributed by atoms with Gasteiger partial charge in [0.05, 0.1) is 0 Å². The molecule has 150 valence electrons. The topological polar surface area (TPSA) is 53.2 Å². The Kier molecular flexibility index (Phi) is 5.88. The molecule has 2 aromatic rings. The fourth-order valence-corrected chi connectivity index (χ4v) is 3.96. The lowest BCUT2D eigenvalue weighted by Gasteiger charge is -2.17. The number of halogens is 1. The highest BCUT2D eigenvalue weighted by atomic mass is 19.1. The Bertz CT molecular complexity index is 994. The number of carbonyl (C=O) groups excluding carboxylic acids is 1. The molecule has 0 aromatic heterocycles. The molecule has 1 amide bonds. The number of hydrogen-bond acceptors (Lipinski definition) is 3. The van der Waals surface area contributed by atoms with Gasteiger partial charge in [-0.1, -0.05) is 18.2 Å². The van der Waals surface area contributed by atoms with Crippen molar-refractivity contribution in [2.75, 3.05) is 31.5 Å². The summed E-state index contributed by atoms with van der Waals surface area (Å²) in [5.41, 5.74) is 6.24. The van der Waals surface area contributed by atoms with Crippen LogP contribution in [-0.4, -0.2) is 32.1 Å². The summed E-state index contributed by atoms with van der Waals surface area (Å²) >= 11 is 0. The van der Waals surface area contributed by atoms with Crippen LogP contribution in [0.5, 0.6) is 0 Å². The van der Waals surface area contributed by atoms with Gasteiger partial charge >= 0.3 is 0 Å². The van der Waals surface area contributed by atoms with E-state index in [9.17, 15) is 9.18 Å². The van der Waals surface area contributed by atoms with Crippen LogP contribution in [0, 0.1) is 12.7 Å². The van der Waals surface area contributed by atoms with Crippen molar-refractivity contribution < 1.29 is 9.18 Å². The summed E-state index contributed by atoms with van der Waals surface area (Å²) < 4.78 is 14.6. The fraction of sp³-hybridized carbons (Fsp3) is 0.292. The van der Waals surface area contributed by atoms with E-state index in [1.807, 2.05) is 31.2 Å². The maximum absolute atomic E-state index is 14.6. The van der Waals surface area contributed by atoms with Crippen LogP contribution >= 0.6 is 0 Å². The van der Waals surface area contributed by atoms with E-state index in [0.29, 0.717) is 16.8 Å². The van der Waals surface area contributed by atoms with Crippen LogP contribution in [-0.2, 0) is 0 Å². The fourth-order valence-electron chi connectivity index (χ4n) is 3.96. The normalized spacial score (nSPS) is 16.8. The van der Waals surface area contributed by atoms with Crippen LogP contribution in [0.4, 0.5) is 10.1 Å². The largest absolute Gasteiger partial charge is 0.322 e. The van der Waals surface area contributed by atoms with Gasteiger partial charge in [-0.3, -0.25) is 4.79 Å². The average molecular weight is 391 g/mol. The predicted molar refractivity (Wildman–Crippen MR) is 116 cm³/mol. The third kappa shape index (κ3) is 4.47. The van der Waals surface area contributed by atoms with Gasteiger partial charge in [0.2, 0.25) is 0 Å². The summed E-state index contributed by atoms with van der Waals surface area (Å²) in [4.78, 5) is 12.7. The van der Waals surface area contributed by atoms with E-state index in [1.165, 1.54) is 17.2 Å². The van der Waals surface area contributed by atoms with Crippen molar-refractivity contribution in [3.8, 4) is 0 Å². The second-order valence-electron chi connectivity index (χ2n) is 7.55. The molecule has 0 saturated carbocycles. The van der Waals surface area contributed by atoms with Gasteiger partial charge in [0.1, 0.15) is 5.82 Å². The van der Waals surface area contributed by atoms with Crippen molar-refractivity contribution in [1.82, 2.24) is 10.6 Å². The standard InChI is InChI=1S/C24H26FN3O/c1-16-14-19(2-4-21(16)17-6-10-26-11-7-17)24(29)28-20-3-5-22(23(25)15-20)18-8-12-27-13-9-18/h2-6,8,14-15,26-27H,7,9-13H2,1H3,(H,28,29). The summed E-state index contributed by atoms with van der Waals surface area (Å²) in [5.74, 6) is -0.535. The summed E-state index contributed by atoms with van der Waals surface area (Å²) in [6, 6.07) is 10.7. The molecule has 0 spiro atoms. The Morgan fingerprint density at radius 3 is 2.17 bits per heavy atom. The molecular weight excluding hydrogens is 365 g/mol. The number of aryl methyl sites for hydroxylation is 1. The van der Waals surface area contributed by atoms with Crippen LogP contribution in [0.2, 0.25) is 0 Å². The third-order valence-electron chi connectivity index (χ3n) is 5.54. The second-order valence-corrected chi connectivity index (χ2v) is 7.55. The van der Waals surface area contributed by atoms with Gasteiger partial charge in [-0.05, 0) is 85.5 Å². The molecule has 2 aliphatic heterocycles. The molecule has 2 aromatic carbocycles. The first-order valence-electron chi connectivity index (χ1n) is 10.1. The second kappa shape index (κ2) is 8.72. The Morgan fingerprint density at radius 1 is 0.931 bits per heavy atom. The summed E-state index contributed by atoms with van der Waals surface area (Å²) in [6.45, 7) is 5.49. The molecule has 4 nitrogen and oxygen atoms in total. The van der Waals surface area contributed by atoms with E-state index in [-0.39, 0.29) is 11.7 Å². The Hall–Kier alpha value is -2.76. The third-order valence-corrected chi connectivity index (χ3v) is 5.54. The predicted octanol–water partition coefficient (Wildman–Crippen LogP) is 4.14. The van der Waals surface area contributed by atoms with Gasteiger partial charge in [-0.2, -0.15) is 0 Å². The molecule has 29 heavy (non-hydrogen) atoms. The Morgan fingerprint density at radius 2 is 1.59 bits per heavy atom. The van der Waals surface area contributed by atoms with Crippen LogP contribution in [0.25, 0.3) is 11.1 Å². The van der Waals surface area contributed by atoms with Crippen LogP contribution in [0.15, 0.2) is 48.6 Å². The van der Waals surface area contributed by atoms with E-state index in [0.717, 1.165) is 50.2 Å². The maximum atomic E-state index is 14.6. The summed E-state index contributed by atoms with van der Waals surface area (Å²) in [6.07, 6.45) is 6.02. The van der Waals surface area contributed by atoms with E-state index < -0.39 is 0 Å². The molecule has 0 saturated heterocycles. The number of hydrogen-bond donors (Lipinski definition) is 3. The average Bonchev–Trinajstić information content (AvgIpc) is 2.75. The molecule has 2 aliphatic rings. The summed E-state index contributed by atoms with van der Waals surface area (Å²) in [5, 5.41) is 9.36. The van der Waals surface area contributed by atoms with E-state index in [2.05, 4.69) is 22.0 Å². The molecule has 2 heterocycles. The van der Waals surface area contributed by atoms with Crippen LogP contribution in [0.1, 0.15) is 39.9 Å². The number of amides is 1. The Labute approximate surface area is 170 Å². The molecule has 5 heteroatoms.